The summed E-state index contributed by atoms with van der Waals surface area (Å²) in [5, 5.41) is 4.33. The zero-order valence-electron chi connectivity index (χ0n) is 14.2. The number of benzene rings is 2. The van der Waals surface area contributed by atoms with Crippen molar-refractivity contribution in [1.29, 1.82) is 0 Å². The predicted molar refractivity (Wildman–Crippen MR) is 97.2 cm³/mol. The molecular formula is C18H17N3O4S. The first-order valence-corrected chi connectivity index (χ1v) is 9.20. The minimum Gasteiger partial charge on any atom is -0.465 e. The molecule has 1 N–H and O–H groups in total. The fourth-order valence-electron chi connectivity index (χ4n) is 2.40. The number of hydrogen-bond donors (Lipinski definition) is 1. The average Bonchev–Trinajstić information content (AvgIpc) is 3.02. The smallest absolute Gasteiger partial charge is 0.337 e. The Bertz CT molecular complexity index is 1030. The van der Waals surface area contributed by atoms with Gasteiger partial charge in [-0.15, -0.1) is 0 Å². The Morgan fingerprint density at radius 2 is 1.73 bits per heavy atom. The van der Waals surface area contributed by atoms with Gasteiger partial charge >= 0.3 is 5.97 Å². The molecule has 26 heavy (non-hydrogen) atoms. The van der Waals surface area contributed by atoms with Crippen LogP contribution in [0.4, 0.5) is 5.82 Å². The number of carbonyl (C=O) groups excluding carboxylic acids is 1. The normalized spacial score (nSPS) is 11.2. The van der Waals surface area contributed by atoms with Crippen LogP contribution in [0.1, 0.15) is 10.4 Å². The fraction of sp³-hybridized carbons (Fsp3) is 0.111. The van der Waals surface area contributed by atoms with Crippen molar-refractivity contribution in [3.63, 3.8) is 0 Å². The Hall–Kier alpha value is -3.13. The van der Waals surface area contributed by atoms with E-state index in [0.29, 0.717) is 17.1 Å². The molecule has 134 valence electrons. The molecule has 3 aromatic rings. The zero-order valence-corrected chi connectivity index (χ0v) is 15.0. The van der Waals surface area contributed by atoms with Gasteiger partial charge in [0.2, 0.25) is 0 Å². The summed E-state index contributed by atoms with van der Waals surface area (Å²) >= 11 is 0. The van der Waals surface area contributed by atoms with E-state index in [1.54, 1.807) is 55.6 Å². The van der Waals surface area contributed by atoms with Crippen LogP contribution in [0.25, 0.3) is 11.3 Å². The number of rotatable bonds is 5. The molecule has 0 radical (unpaired) electrons. The third kappa shape index (κ3) is 3.60. The Labute approximate surface area is 151 Å². The summed E-state index contributed by atoms with van der Waals surface area (Å²) in [6.45, 7) is 0. The molecule has 0 atom stereocenters. The number of aryl methyl sites for hydroxylation is 1. The molecule has 0 bridgehead atoms. The van der Waals surface area contributed by atoms with Crippen molar-refractivity contribution < 1.29 is 17.9 Å². The van der Waals surface area contributed by atoms with Gasteiger partial charge in [0.15, 0.2) is 0 Å². The number of methoxy groups -OCH3 is 1. The first-order valence-electron chi connectivity index (χ1n) is 7.71. The molecule has 3 rings (SSSR count). The lowest BCUT2D eigenvalue weighted by Gasteiger charge is -2.07. The number of nitrogens with one attached hydrogen (secondary N) is 1. The molecule has 0 unspecified atom stereocenters. The van der Waals surface area contributed by atoms with Crippen LogP contribution in [0.15, 0.2) is 65.6 Å². The lowest BCUT2D eigenvalue weighted by molar-refractivity contribution is 0.0600. The van der Waals surface area contributed by atoms with Crippen LogP contribution < -0.4 is 4.72 Å². The number of hydrogen-bond acceptors (Lipinski definition) is 5. The molecule has 0 fully saturated rings. The largest absolute Gasteiger partial charge is 0.465 e. The summed E-state index contributed by atoms with van der Waals surface area (Å²) in [7, 11) is -0.731. The van der Waals surface area contributed by atoms with Crippen molar-refractivity contribution in [1.82, 2.24) is 9.78 Å². The Balaban J connectivity index is 1.87. The van der Waals surface area contributed by atoms with Crippen molar-refractivity contribution in [3.8, 4) is 11.3 Å². The molecule has 0 amide bonds. The summed E-state index contributed by atoms with van der Waals surface area (Å²) < 4.78 is 33.5. The summed E-state index contributed by atoms with van der Waals surface area (Å²) in [5.74, 6) is -0.0882. The maximum atomic E-state index is 12.4. The quantitative estimate of drug-likeness (QED) is 0.697. The molecular weight excluding hydrogens is 354 g/mol. The van der Waals surface area contributed by atoms with Crippen LogP contribution in [-0.4, -0.2) is 31.3 Å². The monoisotopic (exact) mass is 371 g/mol. The van der Waals surface area contributed by atoms with Crippen LogP contribution in [0.2, 0.25) is 0 Å². The van der Waals surface area contributed by atoms with Crippen LogP contribution in [-0.2, 0) is 21.8 Å². The topological polar surface area (TPSA) is 90.3 Å². The second kappa shape index (κ2) is 7.01. The van der Waals surface area contributed by atoms with E-state index >= 15 is 0 Å². The van der Waals surface area contributed by atoms with Crippen molar-refractivity contribution in [2.45, 2.75) is 4.90 Å². The van der Waals surface area contributed by atoms with Crippen molar-refractivity contribution in [2.75, 3.05) is 11.8 Å². The molecule has 0 aliphatic rings. The van der Waals surface area contributed by atoms with Gasteiger partial charge in [-0.3, -0.25) is 9.40 Å². The van der Waals surface area contributed by atoms with Crippen molar-refractivity contribution >= 4 is 21.8 Å². The summed E-state index contributed by atoms with van der Waals surface area (Å²) in [5.41, 5.74) is 1.75. The fourth-order valence-corrected chi connectivity index (χ4v) is 3.49. The second-order valence-corrected chi connectivity index (χ2v) is 7.21. The highest BCUT2D eigenvalue weighted by Crippen LogP contribution is 2.24. The number of carbonyl (C=O) groups is 1. The highest BCUT2D eigenvalue weighted by atomic mass is 32.2. The third-order valence-electron chi connectivity index (χ3n) is 3.77. The maximum absolute atomic E-state index is 12.4. The summed E-state index contributed by atoms with van der Waals surface area (Å²) in [6.07, 6.45) is 0. The number of ether oxygens (including phenoxy) is 1. The van der Waals surface area contributed by atoms with Crippen LogP contribution in [0.5, 0.6) is 0 Å². The van der Waals surface area contributed by atoms with E-state index in [0.717, 1.165) is 5.56 Å². The molecule has 0 spiro atoms. The van der Waals surface area contributed by atoms with Gasteiger partial charge in [-0.2, -0.15) is 5.10 Å². The lowest BCUT2D eigenvalue weighted by Crippen LogP contribution is -2.15. The van der Waals surface area contributed by atoms with E-state index in [4.69, 9.17) is 0 Å². The van der Waals surface area contributed by atoms with Crippen LogP contribution in [0.3, 0.4) is 0 Å². The Kier molecular flexibility index (Phi) is 4.77. The van der Waals surface area contributed by atoms with Gasteiger partial charge in [0.25, 0.3) is 10.0 Å². The van der Waals surface area contributed by atoms with Gasteiger partial charge in [0, 0.05) is 18.7 Å². The van der Waals surface area contributed by atoms with Crippen LogP contribution >= 0.6 is 0 Å². The molecule has 7 nitrogen and oxygen atoms in total. The lowest BCUT2D eigenvalue weighted by atomic mass is 10.1. The van der Waals surface area contributed by atoms with Crippen molar-refractivity contribution in [2.24, 2.45) is 7.05 Å². The van der Waals surface area contributed by atoms with Crippen molar-refractivity contribution in [3.05, 3.63) is 66.2 Å². The number of anilines is 1. The first kappa shape index (κ1) is 17.7. The number of nitrogens with zero attached hydrogens (tertiary/aromatic N) is 2. The van der Waals surface area contributed by atoms with Gasteiger partial charge in [-0.1, -0.05) is 30.3 Å². The van der Waals surface area contributed by atoms with E-state index in [1.165, 1.54) is 23.9 Å². The van der Waals surface area contributed by atoms with E-state index in [1.807, 2.05) is 0 Å². The maximum Gasteiger partial charge on any atom is 0.337 e. The highest BCUT2D eigenvalue weighted by Gasteiger charge is 2.17. The van der Waals surface area contributed by atoms with Gasteiger partial charge in [0.05, 0.1) is 23.3 Å². The van der Waals surface area contributed by atoms with E-state index in [9.17, 15) is 13.2 Å². The van der Waals surface area contributed by atoms with E-state index in [2.05, 4.69) is 14.6 Å². The van der Waals surface area contributed by atoms with Gasteiger partial charge in [-0.25, -0.2) is 13.2 Å². The van der Waals surface area contributed by atoms with E-state index < -0.39 is 16.0 Å². The molecule has 0 saturated carbocycles. The number of sulfonamides is 1. The number of aromatic nitrogens is 2. The molecule has 0 saturated heterocycles. The van der Waals surface area contributed by atoms with Gasteiger partial charge < -0.3 is 4.74 Å². The minimum absolute atomic E-state index is 0.171. The standard InChI is InChI=1S/C18H17N3O4S/c1-21-17(20-26(23,24)15-6-4-3-5-7-15)12-16(19-21)13-8-10-14(11-9-13)18(22)25-2/h3-12,20H,1-2H3. The Morgan fingerprint density at radius 3 is 2.35 bits per heavy atom. The average molecular weight is 371 g/mol. The Morgan fingerprint density at radius 1 is 1.08 bits per heavy atom. The molecule has 2 aromatic carbocycles. The summed E-state index contributed by atoms with van der Waals surface area (Å²) in [4.78, 5) is 11.7. The first-order chi connectivity index (χ1) is 12.4. The number of esters is 1. The molecule has 1 heterocycles. The zero-order chi connectivity index (χ0) is 18.7. The van der Waals surface area contributed by atoms with Crippen LogP contribution in [0, 0.1) is 0 Å². The summed E-state index contributed by atoms with van der Waals surface area (Å²) in [6, 6.07) is 16.4. The molecule has 8 heteroatoms. The minimum atomic E-state index is -3.70. The molecule has 0 aliphatic heterocycles. The highest BCUT2D eigenvalue weighted by molar-refractivity contribution is 7.92. The SMILES string of the molecule is COC(=O)c1ccc(-c2cc(NS(=O)(=O)c3ccccc3)n(C)n2)cc1. The second-order valence-electron chi connectivity index (χ2n) is 5.53. The molecule has 1 aromatic heterocycles. The predicted octanol–water partition coefficient (Wildman–Crippen LogP) is 2.67. The van der Waals surface area contributed by atoms with Gasteiger partial charge in [-0.05, 0) is 24.3 Å². The van der Waals surface area contributed by atoms with Gasteiger partial charge in [0.1, 0.15) is 5.82 Å². The molecule has 0 aliphatic carbocycles. The third-order valence-corrected chi connectivity index (χ3v) is 5.14. The van der Waals surface area contributed by atoms with E-state index in [-0.39, 0.29) is 4.90 Å².